The van der Waals surface area contributed by atoms with Crippen molar-refractivity contribution in [1.82, 2.24) is 14.9 Å². The van der Waals surface area contributed by atoms with E-state index < -0.39 is 0 Å². The molecule has 114 valence electrons. The second-order valence-corrected chi connectivity index (χ2v) is 5.55. The van der Waals surface area contributed by atoms with Gasteiger partial charge in [0.1, 0.15) is 12.4 Å². The van der Waals surface area contributed by atoms with Gasteiger partial charge >= 0.3 is 0 Å². The summed E-state index contributed by atoms with van der Waals surface area (Å²) in [5.41, 5.74) is 2.35. The van der Waals surface area contributed by atoms with Crippen molar-refractivity contribution in [1.29, 1.82) is 0 Å². The second-order valence-electron chi connectivity index (χ2n) is 5.55. The average Bonchev–Trinajstić information content (AvgIpc) is 2.91. The van der Waals surface area contributed by atoms with Crippen molar-refractivity contribution in [2.45, 2.75) is 52.9 Å². The highest BCUT2D eigenvalue weighted by Crippen LogP contribution is 2.15. The van der Waals surface area contributed by atoms with E-state index in [9.17, 15) is 0 Å². The zero-order chi connectivity index (χ0) is 15.1. The van der Waals surface area contributed by atoms with Crippen molar-refractivity contribution in [3.05, 3.63) is 48.0 Å². The van der Waals surface area contributed by atoms with Crippen LogP contribution >= 0.6 is 0 Å². The Balaban J connectivity index is 1.93. The Morgan fingerprint density at radius 2 is 2.19 bits per heavy atom. The van der Waals surface area contributed by atoms with Crippen molar-refractivity contribution in [2.75, 3.05) is 0 Å². The Morgan fingerprint density at radius 1 is 1.33 bits per heavy atom. The first-order valence-electron chi connectivity index (χ1n) is 7.63. The highest BCUT2D eigenvalue weighted by atomic mass is 16.5. The first kappa shape index (κ1) is 15.6. The van der Waals surface area contributed by atoms with Crippen LogP contribution in [-0.2, 0) is 19.7 Å². The standard InChI is InChI=1S/C17H25N3O/c1-4-8-20-13-18-11-16(20)12-21-17-7-5-6-15(9-17)10-19-14(2)3/h5-7,9,11,13-14,19H,4,8,10,12H2,1-3H3. The van der Waals surface area contributed by atoms with Gasteiger partial charge in [-0.3, -0.25) is 0 Å². The Kier molecular flexibility index (Phi) is 5.81. The van der Waals surface area contributed by atoms with E-state index in [2.05, 4.69) is 47.8 Å². The third-order valence-electron chi connectivity index (χ3n) is 3.26. The number of nitrogens with one attached hydrogen (secondary N) is 1. The number of ether oxygens (including phenoxy) is 1. The summed E-state index contributed by atoms with van der Waals surface area (Å²) in [5.74, 6) is 0.905. The van der Waals surface area contributed by atoms with Crippen molar-refractivity contribution in [2.24, 2.45) is 0 Å². The van der Waals surface area contributed by atoms with E-state index in [0.29, 0.717) is 12.6 Å². The Bertz CT molecular complexity index is 548. The summed E-state index contributed by atoms with van der Waals surface area (Å²) in [4.78, 5) is 4.19. The molecular weight excluding hydrogens is 262 g/mol. The summed E-state index contributed by atoms with van der Waals surface area (Å²) < 4.78 is 8.04. The lowest BCUT2D eigenvalue weighted by molar-refractivity contribution is 0.294. The Morgan fingerprint density at radius 3 is 2.95 bits per heavy atom. The van der Waals surface area contributed by atoms with Crippen molar-refractivity contribution >= 4 is 0 Å². The molecule has 0 aliphatic rings. The molecule has 0 saturated heterocycles. The SMILES string of the molecule is CCCn1cncc1COc1cccc(CNC(C)C)c1. The largest absolute Gasteiger partial charge is 0.487 e. The maximum atomic E-state index is 5.90. The van der Waals surface area contributed by atoms with Gasteiger partial charge in [-0.05, 0) is 24.1 Å². The lowest BCUT2D eigenvalue weighted by atomic mass is 10.2. The lowest BCUT2D eigenvalue weighted by Crippen LogP contribution is -2.21. The summed E-state index contributed by atoms with van der Waals surface area (Å²) in [6, 6.07) is 8.73. The van der Waals surface area contributed by atoms with Crippen LogP contribution in [0.3, 0.4) is 0 Å². The van der Waals surface area contributed by atoms with Crippen LogP contribution in [-0.4, -0.2) is 15.6 Å². The molecule has 0 unspecified atom stereocenters. The Labute approximate surface area is 127 Å². The first-order chi connectivity index (χ1) is 10.2. The molecule has 2 aromatic rings. The minimum Gasteiger partial charge on any atom is -0.487 e. The Hall–Kier alpha value is -1.81. The fraction of sp³-hybridized carbons (Fsp3) is 0.471. The highest BCUT2D eigenvalue weighted by molar-refractivity contribution is 5.28. The van der Waals surface area contributed by atoms with Gasteiger partial charge in [0.05, 0.1) is 18.2 Å². The topological polar surface area (TPSA) is 39.1 Å². The minimum atomic E-state index is 0.484. The average molecular weight is 287 g/mol. The quantitative estimate of drug-likeness (QED) is 0.809. The van der Waals surface area contributed by atoms with Crippen LogP contribution in [0, 0.1) is 0 Å². The minimum absolute atomic E-state index is 0.484. The molecule has 0 aliphatic carbocycles. The number of rotatable bonds is 8. The second kappa shape index (κ2) is 7.84. The predicted molar refractivity (Wildman–Crippen MR) is 85.3 cm³/mol. The molecular formula is C17H25N3O. The third kappa shape index (κ3) is 4.90. The molecule has 0 radical (unpaired) electrons. The normalized spacial score (nSPS) is 11.0. The number of aryl methyl sites for hydroxylation is 1. The van der Waals surface area contributed by atoms with Gasteiger partial charge in [0.2, 0.25) is 0 Å². The van der Waals surface area contributed by atoms with E-state index in [1.54, 1.807) is 0 Å². The number of imidazole rings is 1. The molecule has 4 heteroatoms. The number of hydrogen-bond acceptors (Lipinski definition) is 3. The van der Waals surface area contributed by atoms with Crippen LogP contribution in [0.15, 0.2) is 36.8 Å². The number of nitrogens with zero attached hydrogens (tertiary/aromatic N) is 2. The van der Waals surface area contributed by atoms with Gasteiger partial charge in [0, 0.05) is 19.1 Å². The van der Waals surface area contributed by atoms with Crippen LogP contribution in [0.1, 0.15) is 38.4 Å². The predicted octanol–water partition coefficient (Wildman–Crippen LogP) is 3.37. The number of aromatic nitrogens is 2. The summed E-state index contributed by atoms with van der Waals surface area (Å²) in [6.45, 7) is 8.86. The molecule has 0 fully saturated rings. The molecule has 0 spiro atoms. The highest BCUT2D eigenvalue weighted by Gasteiger charge is 2.03. The van der Waals surface area contributed by atoms with Crippen LogP contribution in [0.25, 0.3) is 0 Å². The fourth-order valence-corrected chi connectivity index (χ4v) is 2.14. The molecule has 1 aromatic carbocycles. The van der Waals surface area contributed by atoms with Gasteiger partial charge in [-0.2, -0.15) is 0 Å². The van der Waals surface area contributed by atoms with E-state index in [4.69, 9.17) is 4.74 Å². The van der Waals surface area contributed by atoms with Gasteiger partial charge in [0.15, 0.2) is 0 Å². The van der Waals surface area contributed by atoms with Gasteiger partial charge in [-0.15, -0.1) is 0 Å². The molecule has 21 heavy (non-hydrogen) atoms. The van der Waals surface area contributed by atoms with Gasteiger partial charge in [-0.25, -0.2) is 4.98 Å². The van der Waals surface area contributed by atoms with Gasteiger partial charge in [0.25, 0.3) is 0 Å². The van der Waals surface area contributed by atoms with Crippen molar-refractivity contribution in [3.63, 3.8) is 0 Å². The zero-order valence-corrected chi connectivity index (χ0v) is 13.2. The van der Waals surface area contributed by atoms with E-state index in [1.165, 1.54) is 5.56 Å². The summed E-state index contributed by atoms with van der Waals surface area (Å²) >= 11 is 0. The monoisotopic (exact) mass is 287 g/mol. The summed E-state index contributed by atoms with van der Waals surface area (Å²) in [7, 11) is 0. The van der Waals surface area contributed by atoms with E-state index >= 15 is 0 Å². The number of hydrogen-bond donors (Lipinski definition) is 1. The molecule has 2 rings (SSSR count). The summed E-state index contributed by atoms with van der Waals surface area (Å²) in [5, 5.41) is 3.41. The van der Waals surface area contributed by atoms with Crippen LogP contribution in [0.2, 0.25) is 0 Å². The molecule has 0 aliphatic heterocycles. The van der Waals surface area contributed by atoms with E-state index in [1.807, 2.05) is 24.7 Å². The van der Waals surface area contributed by atoms with Crippen LogP contribution in [0.5, 0.6) is 5.75 Å². The molecule has 1 heterocycles. The molecule has 1 N–H and O–H groups in total. The van der Waals surface area contributed by atoms with Crippen LogP contribution < -0.4 is 10.1 Å². The maximum Gasteiger partial charge on any atom is 0.130 e. The van der Waals surface area contributed by atoms with Crippen LogP contribution in [0.4, 0.5) is 0 Å². The molecule has 0 atom stereocenters. The lowest BCUT2D eigenvalue weighted by Gasteiger charge is -2.11. The molecule has 4 nitrogen and oxygen atoms in total. The summed E-state index contributed by atoms with van der Waals surface area (Å²) in [6.07, 6.45) is 4.84. The molecule has 0 bridgehead atoms. The smallest absolute Gasteiger partial charge is 0.130 e. The molecule has 0 amide bonds. The van der Waals surface area contributed by atoms with Crippen molar-refractivity contribution in [3.8, 4) is 5.75 Å². The number of benzene rings is 1. The fourth-order valence-electron chi connectivity index (χ4n) is 2.14. The van der Waals surface area contributed by atoms with E-state index in [-0.39, 0.29) is 0 Å². The molecule has 0 saturated carbocycles. The first-order valence-corrected chi connectivity index (χ1v) is 7.63. The van der Waals surface area contributed by atoms with Gasteiger partial charge < -0.3 is 14.6 Å². The van der Waals surface area contributed by atoms with Gasteiger partial charge in [-0.1, -0.05) is 32.9 Å². The zero-order valence-electron chi connectivity index (χ0n) is 13.2. The van der Waals surface area contributed by atoms with E-state index in [0.717, 1.165) is 31.0 Å². The van der Waals surface area contributed by atoms with Crippen molar-refractivity contribution < 1.29 is 4.74 Å². The third-order valence-corrected chi connectivity index (χ3v) is 3.26. The molecule has 1 aromatic heterocycles. The maximum absolute atomic E-state index is 5.90.